The van der Waals surface area contributed by atoms with Crippen molar-refractivity contribution in [3.05, 3.63) is 30.8 Å². The van der Waals surface area contributed by atoms with Gasteiger partial charge in [0.1, 0.15) is 11.9 Å². The minimum atomic E-state index is -0.867. The van der Waals surface area contributed by atoms with Crippen LogP contribution in [0.2, 0.25) is 0 Å². The maximum atomic E-state index is 13.1. The lowest BCUT2D eigenvalue weighted by molar-refractivity contribution is -0.116. The van der Waals surface area contributed by atoms with E-state index in [1.807, 2.05) is 0 Å². The van der Waals surface area contributed by atoms with Gasteiger partial charge in [0, 0.05) is 30.8 Å². The van der Waals surface area contributed by atoms with Gasteiger partial charge in [0.25, 0.3) is 0 Å². The summed E-state index contributed by atoms with van der Waals surface area (Å²) < 4.78 is 23.7. The Bertz CT molecular complexity index is 675. The van der Waals surface area contributed by atoms with Crippen LogP contribution in [0.25, 0.3) is 11.3 Å². The van der Waals surface area contributed by atoms with Crippen LogP contribution in [0.4, 0.5) is 10.1 Å². The molecule has 3 rings (SSSR count). The van der Waals surface area contributed by atoms with Gasteiger partial charge in [-0.2, -0.15) is 0 Å². The van der Waals surface area contributed by atoms with Crippen molar-refractivity contribution in [1.82, 2.24) is 10.3 Å². The Labute approximate surface area is 133 Å². The van der Waals surface area contributed by atoms with Crippen LogP contribution in [0.5, 0.6) is 5.75 Å². The summed E-state index contributed by atoms with van der Waals surface area (Å²) in [7, 11) is 1.55. The molecule has 1 aliphatic rings. The lowest BCUT2D eigenvalue weighted by atomic mass is 10.1. The summed E-state index contributed by atoms with van der Waals surface area (Å²) >= 11 is 0. The highest BCUT2D eigenvalue weighted by Crippen LogP contribution is 2.32. The van der Waals surface area contributed by atoms with Crippen molar-refractivity contribution in [2.24, 2.45) is 0 Å². The Morgan fingerprint density at radius 3 is 3.09 bits per heavy atom. The smallest absolute Gasteiger partial charge is 0.225 e. The van der Waals surface area contributed by atoms with Gasteiger partial charge in [-0.1, -0.05) is 0 Å². The van der Waals surface area contributed by atoms with Crippen LogP contribution in [0.1, 0.15) is 12.8 Å². The number of ether oxygens (including phenoxy) is 1. The van der Waals surface area contributed by atoms with Gasteiger partial charge in [-0.05, 0) is 18.6 Å². The summed E-state index contributed by atoms with van der Waals surface area (Å²) in [4.78, 5) is 15.9. The number of anilines is 1. The van der Waals surface area contributed by atoms with Crippen molar-refractivity contribution in [2.45, 2.75) is 25.1 Å². The number of aromatic nitrogens is 1. The van der Waals surface area contributed by atoms with Crippen molar-refractivity contribution in [3.8, 4) is 17.1 Å². The zero-order chi connectivity index (χ0) is 16.2. The van der Waals surface area contributed by atoms with E-state index < -0.39 is 6.17 Å². The highest BCUT2D eigenvalue weighted by Gasteiger charge is 2.25. The Kier molecular flexibility index (Phi) is 4.57. The van der Waals surface area contributed by atoms with Crippen molar-refractivity contribution in [1.29, 1.82) is 0 Å². The number of methoxy groups -OCH3 is 1. The molecule has 122 valence electrons. The molecule has 2 atom stereocenters. The lowest BCUT2D eigenvalue weighted by Gasteiger charge is -2.12. The molecule has 0 bridgehead atoms. The summed E-state index contributed by atoms with van der Waals surface area (Å²) in [6, 6.07) is 5.16. The average Bonchev–Trinajstić information content (AvgIpc) is 3.19. The van der Waals surface area contributed by atoms with Crippen LogP contribution in [0, 0.1) is 0 Å². The number of rotatable bonds is 5. The van der Waals surface area contributed by atoms with Crippen molar-refractivity contribution in [2.75, 3.05) is 19.0 Å². The Morgan fingerprint density at radius 2 is 2.43 bits per heavy atom. The minimum Gasteiger partial charge on any atom is -0.496 e. The van der Waals surface area contributed by atoms with Crippen molar-refractivity contribution in [3.63, 3.8) is 0 Å². The second kappa shape index (κ2) is 6.78. The number of carbonyl (C=O) groups excluding carboxylic acids is 1. The molecule has 1 saturated heterocycles. The van der Waals surface area contributed by atoms with Crippen LogP contribution in [0.3, 0.4) is 0 Å². The van der Waals surface area contributed by atoms with Gasteiger partial charge in [0.2, 0.25) is 5.91 Å². The first kappa shape index (κ1) is 15.5. The largest absolute Gasteiger partial charge is 0.496 e. The van der Waals surface area contributed by atoms with Gasteiger partial charge < -0.3 is 19.8 Å². The zero-order valence-electron chi connectivity index (χ0n) is 12.7. The highest BCUT2D eigenvalue weighted by molar-refractivity contribution is 5.92. The molecule has 1 amide bonds. The molecular weight excluding hydrogens is 301 g/mol. The third kappa shape index (κ3) is 3.68. The number of oxazole rings is 1. The number of hydrogen-bond donors (Lipinski definition) is 2. The van der Waals surface area contributed by atoms with E-state index in [-0.39, 0.29) is 18.4 Å². The topological polar surface area (TPSA) is 76.4 Å². The first-order valence-corrected chi connectivity index (χ1v) is 7.40. The first-order valence-electron chi connectivity index (χ1n) is 7.40. The fraction of sp³-hybridized carbons (Fsp3) is 0.375. The molecule has 0 radical (unpaired) electrons. The second-order valence-corrected chi connectivity index (χ2v) is 5.47. The molecule has 0 saturated carbocycles. The number of nitrogens with one attached hydrogen (secondary N) is 2. The van der Waals surface area contributed by atoms with Crippen LogP contribution >= 0.6 is 0 Å². The van der Waals surface area contributed by atoms with E-state index in [1.165, 1.54) is 6.39 Å². The van der Waals surface area contributed by atoms with Gasteiger partial charge in [-0.25, -0.2) is 9.37 Å². The monoisotopic (exact) mass is 319 g/mol. The van der Waals surface area contributed by atoms with Crippen LogP contribution in [0.15, 0.2) is 35.2 Å². The second-order valence-electron chi connectivity index (χ2n) is 5.47. The number of amides is 1. The van der Waals surface area contributed by atoms with Crippen molar-refractivity contribution >= 4 is 11.6 Å². The van der Waals surface area contributed by atoms with Crippen LogP contribution in [-0.4, -0.2) is 36.8 Å². The van der Waals surface area contributed by atoms with E-state index in [2.05, 4.69) is 15.6 Å². The van der Waals surface area contributed by atoms with E-state index in [9.17, 15) is 9.18 Å². The molecule has 1 aromatic carbocycles. The molecular formula is C16H18FN3O3. The molecule has 1 aromatic heterocycles. The molecule has 1 aliphatic heterocycles. The molecule has 0 unspecified atom stereocenters. The number of hydrogen-bond acceptors (Lipinski definition) is 5. The molecule has 0 aliphatic carbocycles. The maximum absolute atomic E-state index is 13.1. The lowest BCUT2D eigenvalue weighted by Crippen LogP contribution is -2.27. The quantitative estimate of drug-likeness (QED) is 0.885. The molecule has 0 spiro atoms. The summed E-state index contributed by atoms with van der Waals surface area (Å²) in [5.41, 5.74) is 1.37. The van der Waals surface area contributed by atoms with E-state index in [0.717, 1.165) is 5.56 Å². The SMILES string of the molecule is COc1cc(NC(=O)C[C@@H]2C[C@H](F)CN2)ccc1-c1cnco1. The third-order valence-electron chi connectivity index (χ3n) is 3.78. The Morgan fingerprint density at radius 1 is 1.57 bits per heavy atom. The summed E-state index contributed by atoms with van der Waals surface area (Å²) in [6.45, 7) is 0.317. The van der Waals surface area contributed by atoms with Crippen molar-refractivity contribution < 1.29 is 18.3 Å². The number of nitrogens with zero attached hydrogens (tertiary/aromatic N) is 1. The molecule has 1 fully saturated rings. The molecule has 2 N–H and O–H groups in total. The minimum absolute atomic E-state index is 0.111. The Balaban J connectivity index is 1.67. The highest BCUT2D eigenvalue weighted by atomic mass is 19.1. The predicted octanol–water partition coefficient (Wildman–Crippen LogP) is 2.38. The van der Waals surface area contributed by atoms with E-state index >= 15 is 0 Å². The summed E-state index contributed by atoms with van der Waals surface area (Å²) in [6.07, 6.45) is 2.69. The Hall–Kier alpha value is -2.41. The first-order chi connectivity index (χ1) is 11.2. The number of alkyl halides is 1. The fourth-order valence-electron chi connectivity index (χ4n) is 2.68. The third-order valence-corrected chi connectivity index (χ3v) is 3.78. The average molecular weight is 319 g/mol. The fourth-order valence-corrected chi connectivity index (χ4v) is 2.68. The van der Waals surface area contributed by atoms with Gasteiger partial charge in [-0.15, -0.1) is 0 Å². The summed E-state index contributed by atoms with van der Waals surface area (Å²) in [5.74, 6) is 0.998. The normalized spacial score (nSPS) is 20.4. The number of benzene rings is 1. The van der Waals surface area contributed by atoms with E-state index in [4.69, 9.17) is 9.15 Å². The molecule has 23 heavy (non-hydrogen) atoms. The molecule has 2 heterocycles. The van der Waals surface area contributed by atoms with Gasteiger partial charge >= 0.3 is 0 Å². The predicted molar refractivity (Wildman–Crippen MR) is 83.0 cm³/mol. The standard InChI is InChI=1S/C16H18FN3O3/c1-22-14-5-11(2-3-13(14)15-8-18-9-23-15)20-16(21)6-12-4-10(17)7-19-12/h2-3,5,8-10,12,19H,4,6-7H2,1H3,(H,20,21)/t10-,12-/m0/s1. The van der Waals surface area contributed by atoms with E-state index in [0.29, 0.717) is 30.2 Å². The molecule has 7 heteroatoms. The molecule has 2 aromatic rings. The maximum Gasteiger partial charge on any atom is 0.225 e. The number of halogens is 1. The summed E-state index contributed by atoms with van der Waals surface area (Å²) in [5, 5.41) is 5.80. The zero-order valence-corrected chi connectivity index (χ0v) is 12.7. The van der Waals surface area contributed by atoms with Gasteiger partial charge in [0.05, 0.1) is 18.9 Å². The van der Waals surface area contributed by atoms with Crippen LogP contribution < -0.4 is 15.4 Å². The van der Waals surface area contributed by atoms with Gasteiger partial charge in [0.15, 0.2) is 12.2 Å². The number of carbonyl (C=O) groups is 1. The van der Waals surface area contributed by atoms with Gasteiger partial charge in [-0.3, -0.25) is 4.79 Å². The van der Waals surface area contributed by atoms with Crippen LogP contribution in [-0.2, 0) is 4.79 Å². The molecule has 6 nitrogen and oxygen atoms in total. The van der Waals surface area contributed by atoms with E-state index in [1.54, 1.807) is 31.5 Å².